The molecule has 0 amide bonds. The largest absolute Gasteiger partial charge is 0.0839 e. The minimum atomic E-state index is 1.18. The zero-order valence-electron chi connectivity index (χ0n) is 6.51. The maximum atomic E-state index is 3.28. The van der Waals surface area contributed by atoms with Gasteiger partial charge >= 0.3 is 0 Å². The minimum absolute atomic E-state index is 1.18. The van der Waals surface area contributed by atoms with Gasteiger partial charge in [0, 0.05) is 0 Å². The molecule has 1 aromatic carbocycles. The summed E-state index contributed by atoms with van der Waals surface area (Å²) in [6.45, 7) is 0. The molecule has 0 aliphatic heterocycles. The van der Waals surface area contributed by atoms with Crippen molar-refractivity contribution in [2.75, 3.05) is 0 Å². The molecule has 1 aliphatic carbocycles. The summed E-state index contributed by atoms with van der Waals surface area (Å²) in [5.41, 5.74) is 2.73. The zero-order chi connectivity index (χ0) is 7.52. The van der Waals surface area contributed by atoms with Crippen molar-refractivity contribution >= 4 is 6.08 Å². The van der Waals surface area contributed by atoms with Crippen molar-refractivity contribution in [1.29, 1.82) is 0 Å². The van der Waals surface area contributed by atoms with Gasteiger partial charge in [0.15, 0.2) is 0 Å². The molecule has 11 heavy (non-hydrogen) atoms. The van der Waals surface area contributed by atoms with Crippen LogP contribution in [-0.2, 0) is 6.42 Å². The standard InChI is InChI=1S/C11H11/c1-2-6-10-8-4-5-9-11(10)7-3-1/h2,4-6,8H,1,3,7H2. The predicted octanol–water partition coefficient (Wildman–Crippen LogP) is 2.84. The number of benzene rings is 1. The molecule has 0 aromatic heterocycles. The molecule has 0 fully saturated rings. The SMILES string of the molecule is [c]1cccc2c1CCCC=C2. The molecule has 2 rings (SSSR count). The molecule has 1 aromatic rings. The van der Waals surface area contributed by atoms with Crippen LogP contribution in [-0.4, -0.2) is 0 Å². The summed E-state index contributed by atoms with van der Waals surface area (Å²) >= 11 is 0. The van der Waals surface area contributed by atoms with Crippen molar-refractivity contribution < 1.29 is 0 Å². The number of hydrogen-bond donors (Lipinski definition) is 0. The van der Waals surface area contributed by atoms with Crippen LogP contribution < -0.4 is 0 Å². The van der Waals surface area contributed by atoms with Gasteiger partial charge in [-0.25, -0.2) is 0 Å². The monoisotopic (exact) mass is 143 g/mol. The Morgan fingerprint density at radius 2 is 2.36 bits per heavy atom. The van der Waals surface area contributed by atoms with Gasteiger partial charge < -0.3 is 0 Å². The fourth-order valence-corrected chi connectivity index (χ4v) is 1.46. The Hall–Kier alpha value is -1.04. The molecule has 0 nitrogen and oxygen atoms in total. The normalized spacial score (nSPS) is 15.6. The molecule has 0 saturated carbocycles. The van der Waals surface area contributed by atoms with Crippen LogP contribution in [0.3, 0.4) is 0 Å². The van der Waals surface area contributed by atoms with Crippen molar-refractivity contribution in [2.24, 2.45) is 0 Å². The lowest BCUT2D eigenvalue weighted by Crippen LogP contribution is -1.85. The second kappa shape index (κ2) is 2.91. The maximum Gasteiger partial charge on any atom is -0.0143 e. The van der Waals surface area contributed by atoms with Crippen LogP contribution in [0.15, 0.2) is 24.3 Å². The van der Waals surface area contributed by atoms with Gasteiger partial charge in [-0.15, -0.1) is 0 Å². The molecule has 0 saturated heterocycles. The highest BCUT2D eigenvalue weighted by atomic mass is 14.1. The average Bonchev–Trinajstić information content (AvgIpc) is 2.28. The summed E-state index contributed by atoms with van der Waals surface area (Å²) in [5.74, 6) is 0. The van der Waals surface area contributed by atoms with Crippen LogP contribution in [0.25, 0.3) is 6.08 Å². The first-order chi connectivity index (χ1) is 5.47. The second-order valence-electron chi connectivity index (χ2n) is 2.90. The molecule has 0 N–H and O–H groups in total. The van der Waals surface area contributed by atoms with Crippen LogP contribution in [0.4, 0.5) is 0 Å². The van der Waals surface area contributed by atoms with Gasteiger partial charge in [-0.05, 0) is 36.5 Å². The van der Waals surface area contributed by atoms with Crippen molar-refractivity contribution in [2.45, 2.75) is 19.3 Å². The van der Waals surface area contributed by atoms with Gasteiger partial charge in [-0.3, -0.25) is 0 Å². The lowest BCUT2D eigenvalue weighted by Gasteiger charge is -1.99. The van der Waals surface area contributed by atoms with Crippen molar-refractivity contribution in [3.63, 3.8) is 0 Å². The van der Waals surface area contributed by atoms with Gasteiger partial charge in [0.1, 0.15) is 0 Å². The van der Waals surface area contributed by atoms with E-state index in [0.717, 1.165) is 0 Å². The summed E-state index contributed by atoms with van der Waals surface area (Å²) in [6, 6.07) is 9.49. The number of rotatable bonds is 0. The third-order valence-corrected chi connectivity index (χ3v) is 2.07. The minimum Gasteiger partial charge on any atom is -0.0839 e. The van der Waals surface area contributed by atoms with Gasteiger partial charge in [0.25, 0.3) is 0 Å². The van der Waals surface area contributed by atoms with Crippen LogP contribution in [0.2, 0.25) is 0 Å². The number of allylic oxidation sites excluding steroid dienone is 1. The third kappa shape index (κ3) is 1.35. The van der Waals surface area contributed by atoms with Crippen LogP contribution in [0.5, 0.6) is 0 Å². The topological polar surface area (TPSA) is 0 Å². The van der Waals surface area contributed by atoms with Gasteiger partial charge in [-0.1, -0.05) is 30.4 Å². The van der Waals surface area contributed by atoms with E-state index in [0.29, 0.717) is 0 Å². The molecule has 0 bridgehead atoms. The molecular formula is C11H11. The lowest BCUT2D eigenvalue weighted by molar-refractivity contribution is 0.850. The second-order valence-corrected chi connectivity index (χ2v) is 2.90. The van der Waals surface area contributed by atoms with E-state index in [-0.39, 0.29) is 0 Å². The quantitative estimate of drug-likeness (QED) is 0.524. The Morgan fingerprint density at radius 1 is 1.36 bits per heavy atom. The number of aryl methyl sites for hydroxylation is 1. The van der Waals surface area contributed by atoms with Gasteiger partial charge in [0.2, 0.25) is 0 Å². The number of fused-ring (bicyclic) bond motifs is 1. The van der Waals surface area contributed by atoms with Crippen molar-refractivity contribution in [3.05, 3.63) is 41.5 Å². The Labute approximate surface area is 67.6 Å². The molecule has 1 radical (unpaired) electrons. The Morgan fingerprint density at radius 3 is 3.36 bits per heavy atom. The van der Waals surface area contributed by atoms with Gasteiger partial charge in [0.05, 0.1) is 0 Å². The van der Waals surface area contributed by atoms with Crippen LogP contribution in [0.1, 0.15) is 24.0 Å². The van der Waals surface area contributed by atoms with E-state index in [1.807, 2.05) is 6.07 Å². The van der Waals surface area contributed by atoms with E-state index >= 15 is 0 Å². The summed E-state index contributed by atoms with van der Waals surface area (Å²) in [4.78, 5) is 0. The highest BCUT2D eigenvalue weighted by molar-refractivity contribution is 5.54. The molecule has 0 heteroatoms. The van der Waals surface area contributed by atoms with E-state index in [1.165, 1.54) is 30.4 Å². The van der Waals surface area contributed by atoms with Crippen molar-refractivity contribution in [3.8, 4) is 0 Å². The molecule has 1 aliphatic rings. The predicted molar refractivity (Wildman–Crippen MR) is 47.3 cm³/mol. The fraction of sp³-hybridized carbons (Fsp3) is 0.273. The smallest absolute Gasteiger partial charge is 0.0143 e. The van der Waals surface area contributed by atoms with Crippen molar-refractivity contribution in [1.82, 2.24) is 0 Å². The van der Waals surface area contributed by atoms with E-state index in [2.05, 4.69) is 30.4 Å². The summed E-state index contributed by atoms with van der Waals surface area (Å²) < 4.78 is 0. The van der Waals surface area contributed by atoms with E-state index in [9.17, 15) is 0 Å². The molecule has 0 unspecified atom stereocenters. The van der Waals surface area contributed by atoms with Crippen LogP contribution in [0, 0.1) is 6.07 Å². The molecule has 55 valence electrons. The number of hydrogen-bond acceptors (Lipinski definition) is 0. The Bertz CT molecular complexity index is 271. The summed E-state index contributed by atoms with van der Waals surface area (Å²) in [7, 11) is 0. The summed E-state index contributed by atoms with van der Waals surface area (Å²) in [6.07, 6.45) is 8.12. The molecule has 0 heterocycles. The van der Waals surface area contributed by atoms with E-state index in [1.54, 1.807) is 0 Å². The Balaban J connectivity index is 2.45. The molecule has 0 spiro atoms. The van der Waals surface area contributed by atoms with Crippen LogP contribution >= 0.6 is 0 Å². The maximum absolute atomic E-state index is 3.28. The zero-order valence-corrected chi connectivity index (χ0v) is 6.51. The van der Waals surface area contributed by atoms with E-state index < -0.39 is 0 Å². The highest BCUT2D eigenvalue weighted by Gasteiger charge is 2.00. The summed E-state index contributed by atoms with van der Waals surface area (Å²) in [5, 5.41) is 0. The first kappa shape index (κ1) is 6.66. The molecule has 0 atom stereocenters. The lowest BCUT2D eigenvalue weighted by atomic mass is 10.1. The molecular weight excluding hydrogens is 132 g/mol. The Kier molecular flexibility index (Phi) is 1.76. The third-order valence-electron chi connectivity index (χ3n) is 2.07. The first-order valence-electron chi connectivity index (χ1n) is 4.13. The highest BCUT2D eigenvalue weighted by Crippen LogP contribution is 2.17. The van der Waals surface area contributed by atoms with Gasteiger partial charge in [-0.2, -0.15) is 0 Å². The van der Waals surface area contributed by atoms with E-state index in [4.69, 9.17) is 0 Å². The average molecular weight is 143 g/mol. The first-order valence-corrected chi connectivity index (χ1v) is 4.13. The fourth-order valence-electron chi connectivity index (χ4n) is 1.46.